The first-order valence-electron chi connectivity index (χ1n) is 4.89. The Morgan fingerprint density at radius 1 is 1.64 bits per heavy atom. The molecule has 0 aromatic carbocycles. The molecule has 1 N–H and O–H groups in total. The second kappa shape index (κ2) is 2.49. The highest BCUT2D eigenvalue weighted by molar-refractivity contribution is 6.08. The Morgan fingerprint density at radius 3 is 2.64 bits per heavy atom. The van der Waals surface area contributed by atoms with Gasteiger partial charge in [-0.3, -0.25) is 0 Å². The van der Waals surface area contributed by atoms with Gasteiger partial charge in [0.1, 0.15) is 0 Å². The quantitative estimate of drug-likeness (QED) is 0.487. The number of rotatable bonds is 1. The molecule has 0 heterocycles. The second-order valence-electron chi connectivity index (χ2n) is 4.90. The van der Waals surface area contributed by atoms with Crippen LogP contribution in [-0.2, 0) is 4.79 Å². The van der Waals surface area contributed by atoms with Crippen LogP contribution in [0.15, 0.2) is 5.16 Å². The van der Waals surface area contributed by atoms with Crippen LogP contribution < -0.4 is 5.11 Å². The molecule has 0 amide bonds. The summed E-state index contributed by atoms with van der Waals surface area (Å²) in [6.07, 6.45) is 2.03. The van der Waals surface area contributed by atoms with Crippen LogP contribution in [0.2, 0.25) is 0 Å². The van der Waals surface area contributed by atoms with Gasteiger partial charge in [-0.1, -0.05) is 19.0 Å². The van der Waals surface area contributed by atoms with Gasteiger partial charge in [-0.15, -0.1) is 0 Å². The van der Waals surface area contributed by atoms with Crippen molar-refractivity contribution in [2.24, 2.45) is 21.9 Å². The van der Waals surface area contributed by atoms with Gasteiger partial charge >= 0.3 is 0 Å². The third-order valence-corrected chi connectivity index (χ3v) is 4.39. The zero-order valence-electron chi connectivity index (χ0n) is 8.41. The van der Waals surface area contributed by atoms with Crippen LogP contribution in [0.1, 0.15) is 33.1 Å². The predicted molar refractivity (Wildman–Crippen MR) is 47.8 cm³/mol. The molecular weight excluding hydrogens is 182 g/mol. The van der Waals surface area contributed by atoms with Crippen LogP contribution in [0.4, 0.5) is 0 Å². The lowest BCUT2D eigenvalue weighted by Gasteiger charge is -2.38. The third kappa shape index (κ3) is 0.751. The summed E-state index contributed by atoms with van der Waals surface area (Å²) < 4.78 is 0. The first kappa shape index (κ1) is 9.49. The average molecular weight is 196 g/mol. The van der Waals surface area contributed by atoms with E-state index in [-0.39, 0.29) is 5.41 Å². The summed E-state index contributed by atoms with van der Waals surface area (Å²) >= 11 is 0. The fourth-order valence-electron chi connectivity index (χ4n) is 3.31. The molecule has 78 valence electrons. The zero-order valence-corrected chi connectivity index (χ0v) is 8.41. The number of carbonyl (C=O) groups is 1. The van der Waals surface area contributed by atoms with Gasteiger partial charge in [0.05, 0.1) is 17.1 Å². The van der Waals surface area contributed by atoms with Crippen molar-refractivity contribution < 1.29 is 15.1 Å². The summed E-state index contributed by atoms with van der Waals surface area (Å²) in [6.45, 7) is 3.86. The molecule has 2 fully saturated rings. The molecule has 0 aliphatic heterocycles. The van der Waals surface area contributed by atoms with E-state index in [0.717, 1.165) is 6.42 Å². The first-order chi connectivity index (χ1) is 6.46. The fraction of sp³-hybridized carbons (Fsp3) is 0.800. The molecule has 0 spiro atoms. The van der Waals surface area contributed by atoms with Crippen LogP contribution in [0.25, 0.3) is 0 Å². The van der Waals surface area contributed by atoms with E-state index in [1.807, 2.05) is 13.8 Å². The Labute approximate surface area is 82.6 Å². The molecule has 2 aliphatic carbocycles. The summed E-state index contributed by atoms with van der Waals surface area (Å²) in [5.74, 6) is -0.776. The molecular formula is C10H14NO3-. The molecule has 0 unspecified atom stereocenters. The lowest BCUT2D eigenvalue weighted by Crippen LogP contribution is -2.51. The Balaban J connectivity index is 2.57. The summed E-state index contributed by atoms with van der Waals surface area (Å²) in [7, 11) is 0. The van der Waals surface area contributed by atoms with E-state index in [2.05, 4.69) is 5.16 Å². The molecule has 4 nitrogen and oxygen atoms in total. The van der Waals surface area contributed by atoms with Crippen molar-refractivity contribution in [3.63, 3.8) is 0 Å². The second-order valence-corrected chi connectivity index (χ2v) is 4.90. The largest absolute Gasteiger partial charge is 0.549 e. The van der Waals surface area contributed by atoms with Crippen molar-refractivity contribution in [2.45, 2.75) is 33.1 Å². The summed E-state index contributed by atoms with van der Waals surface area (Å²) in [4.78, 5) is 11.3. The average Bonchev–Trinajstić information content (AvgIpc) is 2.51. The number of hydrogen-bond acceptors (Lipinski definition) is 4. The minimum absolute atomic E-state index is 0.311. The van der Waals surface area contributed by atoms with E-state index in [4.69, 9.17) is 5.21 Å². The third-order valence-electron chi connectivity index (χ3n) is 4.39. The SMILES string of the molecule is CC1(C)[C@H]2CC[C@]1(C(=O)[O-])/C(=N\O)C2. The van der Waals surface area contributed by atoms with Crippen molar-refractivity contribution in [3.8, 4) is 0 Å². The minimum atomic E-state index is -1.09. The predicted octanol–water partition coefficient (Wildman–Crippen LogP) is 0.393. The Kier molecular flexibility index (Phi) is 1.69. The number of nitrogens with zero attached hydrogens (tertiary/aromatic N) is 1. The zero-order chi connectivity index (χ0) is 10.6. The van der Waals surface area contributed by atoms with Gasteiger partial charge in [-0.2, -0.15) is 0 Å². The molecule has 14 heavy (non-hydrogen) atoms. The maximum atomic E-state index is 11.3. The Bertz CT molecular complexity index is 321. The molecule has 0 saturated heterocycles. The fourth-order valence-corrected chi connectivity index (χ4v) is 3.31. The topological polar surface area (TPSA) is 72.7 Å². The van der Waals surface area contributed by atoms with Crippen LogP contribution in [0, 0.1) is 16.7 Å². The van der Waals surface area contributed by atoms with Gasteiger partial charge in [-0.05, 0) is 30.6 Å². The van der Waals surface area contributed by atoms with Crippen molar-refractivity contribution in [1.29, 1.82) is 0 Å². The highest BCUT2D eigenvalue weighted by Gasteiger charge is 2.63. The molecule has 2 saturated carbocycles. The summed E-state index contributed by atoms with van der Waals surface area (Å²) in [5.41, 5.74) is -0.960. The van der Waals surface area contributed by atoms with Gasteiger partial charge in [-0.25, -0.2) is 0 Å². The minimum Gasteiger partial charge on any atom is -0.549 e. The Morgan fingerprint density at radius 2 is 2.29 bits per heavy atom. The van der Waals surface area contributed by atoms with Gasteiger partial charge in [0.2, 0.25) is 0 Å². The number of carboxylic acids is 1. The van der Waals surface area contributed by atoms with E-state index < -0.39 is 11.4 Å². The molecule has 0 radical (unpaired) electrons. The monoisotopic (exact) mass is 196 g/mol. The van der Waals surface area contributed by atoms with Gasteiger partial charge in [0.25, 0.3) is 0 Å². The van der Waals surface area contributed by atoms with Gasteiger partial charge in [0, 0.05) is 0 Å². The maximum absolute atomic E-state index is 11.3. The molecule has 2 atom stereocenters. The van der Waals surface area contributed by atoms with Gasteiger partial charge in [0.15, 0.2) is 0 Å². The van der Waals surface area contributed by atoms with E-state index in [0.29, 0.717) is 24.5 Å². The van der Waals surface area contributed by atoms with E-state index in [9.17, 15) is 9.90 Å². The van der Waals surface area contributed by atoms with Crippen molar-refractivity contribution >= 4 is 11.7 Å². The van der Waals surface area contributed by atoms with Crippen molar-refractivity contribution in [2.75, 3.05) is 0 Å². The first-order valence-corrected chi connectivity index (χ1v) is 4.89. The maximum Gasteiger partial charge on any atom is 0.0696 e. The molecule has 2 rings (SSSR count). The molecule has 0 aromatic heterocycles. The standard InChI is InChI=1S/C10H15NO3/c1-9(2)6-3-4-10(9,8(12)13)7(5-6)11-14/h6,14H,3-5H2,1-2H3,(H,12,13)/p-1/b11-7-/t6-,10+/m0/s1. The molecule has 2 aliphatic rings. The highest BCUT2D eigenvalue weighted by atomic mass is 16.4. The number of carboxylic acid groups (broad SMARTS) is 1. The molecule has 0 aromatic rings. The summed E-state index contributed by atoms with van der Waals surface area (Å²) in [5, 5.41) is 23.2. The van der Waals surface area contributed by atoms with E-state index in [1.54, 1.807) is 0 Å². The van der Waals surface area contributed by atoms with Crippen LogP contribution >= 0.6 is 0 Å². The van der Waals surface area contributed by atoms with Crippen molar-refractivity contribution in [3.05, 3.63) is 0 Å². The number of hydrogen-bond donors (Lipinski definition) is 1. The van der Waals surface area contributed by atoms with Crippen LogP contribution in [0.3, 0.4) is 0 Å². The molecule has 4 heteroatoms. The highest BCUT2D eigenvalue weighted by Crippen LogP contribution is 2.63. The number of oxime groups is 1. The Hall–Kier alpha value is -1.06. The summed E-state index contributed by atoms with van der Waals surface area (Å²) in [6, 6.07) is 0. The molecule has 2 bridgehead atoms. The normalized spacial score (nSPS) is 41.9. The number of aliphatic carboxylic acids is 1. The van der Waals surface area contributed by atoms with Crippen LogP contribution in [-0.4, -0.2) is 16.9 Å². The van der Waals surface area contributed by atoms with Crippen molar-refractivity contribution in [1.82, 2.24) is 0 Å². The van der Waals surface area contributed by atoms with Crippen LogP contribution in [0.5, 0.6) is 0 Å². The smallest absolute Gasteiger partial charge is 0.0696 e. The number of fused-ring (bicyclic) bond motifs is 2. The van der Waals surface area contributed by atoms with E-state index in [1.165, 1.54) is 0 Å². The van der Waals surface area contributed by atoms with Gasteiger partial charge < -0.3 is 15.1 Å². The lowest BCUT2D eigenvalue weighted by molar-refractivity contribution is -0.318. The van der Waals surface area contributed by atoms with E-state index >= 15 is 0 Å². The number of carbonyl (C=O) groups excluding carboxylic acids is 1. The lowest BCUT2D eigenvalue weighted by atomic mass is 9.69.